The van der Waals surface area contributed by atoms with Crippen LogP contribution in [0.2, 0.25) is 10.0 Å². The van der Waals surface area contributed by atoms with Crippen molar-refractivity contribution in [1.82, 2.24) is 0 Å². The molecular weight excluding hydrogens is 380 g/mol. The van der Waals surface area contributed by atoms with Gasteiger partial charge in [0.25, 0.3) is 0 Å². The third kappa shape index (κ3) is 4.70. The largest absolute Gasteiger partial charge is 0.497 e. The maximum Gasteiger partial charge on any atom is 0.416 e. The first-order chi connectivity index (χ1) is 11.8. The molecule has 1 N–H and O–H groups in total. The molecular formula is C16H13Cl2F3N2O2. The summed E-state index contributed by atoms with van der Waals surface area (Å²) in [5, 5.41) is 3.55. The molecule has 2 aromatic carbocycles. The maximum absolute atomic E-state index is 12.7. The minimum absolute atomic E-state index is 0.0695. The normalized spacial score (nSPS) is 11.6. The Balaban J connectivity index is 2.23. The number of alkyl halides is 3. The molecule has 0 aliphatic heterocycles. The lowest BCUT2D eigenvalue weighted by Gasteiger charge is -2.12. The van der Waals surface area contributed by atoms with E-state index in [1.165, 1.54) is 20.4 Å². The number of hydrogen-bond donors (Lipinski definition) is 1. The van der Waals surface area contributed by atoms with Gasteiger partial charge in [-0.15, -0.1) is 0 Å². The van der Waals surface area contributed by atoms with Crippen molar-refractivity contribution in [3.63, 3.8) is 0 Å². The highest BCUT2D eigenvalue weighted by Crippen LogP contribution is 2.38. The zero-order chi connectivity index (χ0) is 18.6. The van der Waals surface area contributed by atoms with E-state index in [1.807, 2.05) is 0 Å². The van der Waals surface area contributed by atoms with Gasteiger partial charge in [0.1, 0.15) is 11.5 Å². The quantitative estimate of drug-likeness (QED) is 0.541. The van der Waals surface area contributed by atoms with Gasteiger partial charge in [-0.1, -0.05) is 23.2 Å². The van der Waals surface area contributed by atoms with Crippen LogP contribution in [0.3, 0.4) is 0 Å². The summed E-state index contributed by atoms with van der Waals surface area (Å²) in [6.45, 7) is 0. The first kappa shape index (κ1) is 19.2. The van der Waals surface area contributed by atoms with E-state index in [4.69, 9.17) is 32.7 Å². The molecule has 2 aromatic rings. The van der Waals surface area contributed by atoms with Crippen molar-refractivity contribution in [3.05, 3.63) is 51.5 Å². The number of anilines is 1. The van der Waals surface area contributed by atoms with E-state index < -0.39 is 11.7 Å². The number of methoxy groups -OCH3 is 2. The fourth-order valence-corrected chi connectivity index (χ4v) is 2.51. The Morgan fingerprint density at radius 2 is 1.68 bits per heavy atom. The fraction of sp³-hybridized carbons (Fsp3) is 0.188. The summed E-state index contributed by atoms with van der Waals surface area (Å²) in [6, 6.07) is 6.64. The van der Waals surface area contributed by atoms with Gasteiger partial charge in [0.2, 0.25) is 0 Å². The van der Waals surface area contributed by atoms with Gasteiger partial charge >= 0.3 is 6.18 Å². The molecule has 0 saturated heterocycles. The first-order valence-corrected chi connectivity index (χ1v) is 7.59. The molecule has 9 heteroatoms. The molecule has 0 unspecified atom stereocenters. The standard InChI is InChI=1S/C16H13Cl2F3N2O2/c1-24-11-4-3-9(14(7-11)25-2)8-22-23-15-12(17)5-10(6-13(15)18)16(19,20)21/h3-8,23H,1-2H3/b22-8+. The predicted octanol–water partition coefficient (Wildman–Crippen LogP) is 5.48. The molecule has 0 aliphatic carbocycles. The molecule has 0 radical (unpaired) electrons. The van der Waals surface area contributed by atoms with Crippen molar-refractivity contribution < 1.29 is 22.6 Å². The van der Waals surface area contributed by atoms with E-state index in [0.29, 0.717) is 17.1 Å². The van der Waals surface area contributed by atoms with E-state index >= 15 is 0 Å². The summed E-state index contributed by atoms with van der Waals surface area (Å²) in [7, 11) is 3.02. The van der Waals surface area contributed by atoms with Crippen LogP contribution in [0, 0.1) is 0 Å². The molecule has 0 aromatic heterocycles. The van der Waals surface area contributed by atoms with E-state index in [0.717, 1.165) is 12.1 Å². The Kier molecular flexibility index (Phi) is 6.02. The van der Waals surface area contributed by atoms with E-state index in [1.54, 1.807) is 18.2 Å². The number of halogens is 5. The third-order valence-electron chi connectivity index (χ3n) is 3.19. The summed E-state index contributed by atoms with van der Waals surface area (Å²) in [5.74, 6) is 1.12. The van der Waals surface area contributed by atoms with Gasteiger partial charge in [-0.05, 0) is 24.3 Å². The van der Waals surface area contributed by atoms with Crippen molar-refractivity contribution in [2.45, 2.75) is 6.18 Å². The molecule has 134 valence electrons. The molecule has 0 bridgehead atoms. The minimum Gasteiger partial charge on any atom is -0.497 e. The van der Waals surface area contributed by atoms with Gasteiger partial charge in [0.05, 0.1) is 41.7 Å². The van der Waals surface area contributed by atoms with Crippen molar-refractivity contribution in [2.75, 3.05) is 19.6 Å². The Morgan fingerprint density at radius 1 is 1.04 bits per heavy atom. The average molecular weight is 393 g/mol. The highest BCUT2D eigenvalue weighted by atomic mass is 35.5. The van der Waals surface area contributed by atoms with E-state index in [-0.39, 0.29) is 15.7 Å². The van der Waals surface area contributed by atoms with Crippen LogP contribution in [0.4, 0.5) is 18.9 Å². The van der Waals surface area contributed by atoms with Crippen molar-refractivity contribution in [2.24, 2.45) is 5.10 Å². The Bertz CT molecular complexity index is 772. The van der Waals surface area contributed by atoms with Gasteiger partial charge < -0.3 is 9.47 Å². The smallest absolute Gasteiger partial charge is 0.416 e. The van der Waals surface area contributed by atoms with Gasteiger partial charge in [-0.2, -0.15) is 18.3 Å². The summed E-state index contributed by atoms with van der Waals surface area (Å²) in [6.07, 6.45) is -3.12. The number of nitrogens with zero attached hydrogens (tertiary/aromatic N) is 1. The maximum atomic E-state index is 12.7. The van der Waals surface area contributed by atoms with Crippen LogP contribution >= 0.6 is 23.2 Å². The lowest BCUT2D eigenvalue weighted by atomic mass is 10.2. The monoisotopic (exact) mass is 392 g/mol. The van der Waals surface area contributed by atoms with Crippen LogP contribution in [-0.2, 0) is 6.18 Å². The van der Waals surface area contributed by atoms with Gasteiger partial charge in [0.15, 0.2) is 0 Å². The highest BCUT2D eigenvalue weighted by molar-refractivity contribution is 6.39. The van der Waals surface area contributed by atoms with Crippen molar-refractivity contribution in [3.8, 4) is 11.5 Å². The molecule has 0 amide bonds. The van der Waals surface area contributed by atoms with Crippen LogP contribution in [0.25, 0.3) is 0 Å². The van der Waals surface area contributed by atoms with E-state index in [2.05, 4.69) is 10.5 Å². The molecule has 0 atom stereocenters. The third-order valence-corrected chi connectivity index (χ3v) is 3.79. The van der Waals surface area contributed by atoms with Crippen molar-refractivity contribution in [1.29, 1.82) is 0 Å². The average Bonchev–Trinajstić information content (AvgIpc) is 2.56. The van der Waals surface area contributed by atoms with Crippen LogP contribution in [0.1, 0.15) is 11.1 Å². The summed E-state index contributed by atoms with van der Waals surface area (Å²) in [5.41, 5.74) is 2.29. The van der Waals surface area contributed by atoms with E-state index in [9.17, 15) is 13.2 Å². The second kappa shape index (κ2) is 7.84. The van der Waals surface area contributed by atoms with Gasteiger partial charge in [-0.3, -0.25) is 5.43 Å². The van der Waals surface area contributed by atoms with Crippen LogP contribution in [0.5, 0.6) is 11.5 Å². The molecule has 0 saturated carbocycles. The van der Waals surface area contributed by atoms with Crippen molar-refractivity contribution >= 4 is 35.1 Å². The number of nitrogens with one attached hydrogen (secondary N) is 1. The molecule has 0 spiro atoms. The first-order valence-electron chi connectivity index (χ1n) is 6.83. The number of rotatable bonds is 5. The molecule has 25 heavy (non-hydrogen) atoms. The topological polar surface area (TPSA) is 42.8 Å². The molecule has 0 fully saturated rings. The van der Waals surface area contributed by atoms with Gasteiger partial charge in [-0.25, -0.2) is 0 Å². The fourth-order valence-electron chi connectivity index (χ4n) is 1.94. The van der Waals surface area contributed by atoms with Gasteiger partial charge in [0, 0.05) is 11.6 Å². The second-order valence-corrected chi connectivity index (χ2v) is 5.60. The highest BCUT2D eigenvalue weighted by Gasteiger charge is 2.32. The summed E-state index contributed by atoms with van der Waals surface area (Å²) < 4.78 is 48.4. The number of benzene rings is 2. The summed E-state index contributed by atoms with van der Waals surface area (Å²) >= 11 is 11.7. The zero-order valence-electron chi connectivity index (χ0n) is 13.1. The Hall–Kier alpha value is -2.12. The van der Waals surface area contributed by atoms with Crippen LogP contribution in [-0.4, -0.2) is 20.4 Å². The summed E-state index contributed by atoms with van der Waals surface area (Å²) in [4.78, 5) is 0. The Morgan fingerprint density at radius 3 is 2.20 bits per heavy atom. The number of hydrazone groups is 1. The zero-order valence-corrected chi connectivity index (χ0v) is 14.6. The van der Waals surface area contributed by atoms with Crippen LogP contribution < -0.4 is 14.9 Å². The number of hydrogen-bond acceptors (Lipinski definition) is 4. The lowest BCUT2D eigenvalue weighted by Crippen LogP contribution is -2.05. The molecule has 4 nitrogen and oxygen atoms in total. The molecule has 2 rings (SSSR count). The molecule has 0 aliphatic rings. The Labute approximate surface area is 152 Å². The SMILES string of the molecule is COc1ccc(/C=N/Nc2c(Cl)cc(C(F)(F)F)cc2Cl)c(OC)c1. The lowest BCUT2D eigenvalue weighted by molar-refractivity contribution is -0.137. The predicted molar refractivity (Wildman–Crippen MR) is 92.2 cm³/mol. The second-order valence-electron chi connectivity index (χ2n) is 4.79. The van der Waals surface area contributed by atoms with Crippen LogP contribution in [0.15, 0.2) is 35.4 Å². The number of ether oxygens (including phenoxy) is 2. The molecule has 0 heterocycles. The minimum atomic E-state index is -4.54.